The molecule has 3 aromatic carbocycles. The van der Waals surface area contributed by atoms with Crippen molar-refractivity contribution in [3.05, 3.63) is 107 Å². The van der Waals surface area contributed by atoms with Crippen molar-refractivity contribution in [3.63, 3.8) is 0 Å². The smallest absolute Gasteiger partial charge is 0.251 e. The van der Waals surface area contributed by atoms with Gasteiger partial charge in [0.25, 0.3) is 5.91 Å². The van der Waals surface area contributed by atoms with E-state index < -0.39 is 0 Å². The fourth-order valence-corrected chi connectivity index (χ4v) is 2.80. The van der Waals surface area contributed by atoms with Crippen molar-refractivity contribution in [1.82, 2.24) is 5.32 Å². The third-order valence-corrected chi connectivity index (χ3v) is 4.10. The van der Waals surface area contributed by atoms with Gasteiger partial charge in [-0.1, -0.05) is 78.9 Å². The standard InChI is InChI=1S/C23H21NO/c1-18(16-19-10-4-2-5-11-19)22-15-9-8-14-21(22)17-24-23(25)20-12-6-3-7-13-20/h2-16H,17H2,1H3,(H,24,25)/b18-16-. The highest BCUT2D eigenvalue weighted by molar-refractivity contribution is 5.94. The van der Waals surface area contributed by atoms with Gasteiger partial charge in [-0.2, -0.15) is 0 Å². The number of benzene rings is 3. The molecular weight excluding hydrogens is 306 g/mol. The molecule has 0 aromatic heterocycles. The summed E-state index contributed by atoms with van der Waals surface area (Å²) < 4.78 is 0. The molecule has 0 aliphatic heterocycles. The lowest BCUT2D eigenvalue weighted by atomic mass is 9.98. The second-order valence-electron chi connectivity index (χ2n) is 5.94. The first-order valence-corrected chi connectivity index (χ1v) is 8.39. The summed E-state index contributed by atoms with van der Waals surface area (Å²) in [5, 5.41) is 3.01. The van der Waals surface area contributed by atoms with E-state index in [-0.39, 0.29) is 5.91 Å². The molecule has 0 spiro atoms. The van der Waals surface area contributed by atoms with Crippen LogP contribution in [-0.2, 0) is 6.54 Å². The molecule has 0 saturated carbocycles. The van der Waals surface area contributed by atoms with E-state index in [9.17, 15) is 4.79 Å². The highest BCUT2D eigenvalue weighted by Gasteiger charge is 2.07. The van der Waals surface area contributed by atoms with Crippen molar-refractivity contribution in [2.45, 2.75) is 13.5 Å². The van der Waals surface area contributed by atoms with Gasteiger partial charge in [-0.15, -0.1) is 0 Å². The molecule has 0 fully saturated rings. The van der Waals surface area contributed by atoms with Crippen molar-refractivity contribution in [1.29, 1.82) is 0 Å². The minimum Gasteiger partial charge on any atom is -0.348 e. The summed E-state index contributed by atoms with van der Waals surface area (Å²) in [6.45, 7) is 2.61. The Labute approximate surface area is 148 Å². The lowest BCUT2D eigenvalue weighted by Gasteiger charge is -2.11. The summed E-state index contributed by atoms with van der Waals surface area (Å²) in [5.41, 5.74) is 5.28. The van der Waals surface area contributed by atoms with Crippen LogP contribution in [0.3, 0.4) is 0 Å². The molecule has 0 atom stereocenters. The van der Waals surface area contributed by atoms with Crippen molar-refractivity contribution >= 4 is 17.6 Å². The van der Waals surface area contributed by atoms with Crippen LogP contribution in [-0.4, -0.2) is 5.91 Å². The van der Waals surface area contributed by atoms with Gasteiger partial charge in [0.2, 0.25) is 0 Å². The van der Waals surface area contributed by atoms with Gasteiger partial charge < -0.3 is 5.32 Å². The summed E-state index contributed by atoms with van der Waals surface area (Å²) in [6.07, 6.45) is 2.16. The van der Waals surface area contributed by atoms with Gasteiger partial charge in [-0.05, 0) is 41.3 Å². The zero-order chi connectivity index (χ0) is 17.5. The van der Waals surface area contributed by atoms with Crippen LogP contribution >= 0.6 is 0 Å². The number of hydrogen-bond donors (Lipinski definition) is 1. The monoisotopic (exact) mass is 327 g/mol. The van der Waals surface area contributed by atoms with E-state index in [0.29, 0.717) is 12.1 Å². The van der Waals surface area contributed by atoms with Crippen molar-refractivity contribution in [3.8, 4) is 0 Å². The Hall–Kier alpha value is -3.13. The molecule has 0 bridgehead atoms. The Bertz CT molecular complexity index is 867. The lowest BCUT2D eigenvalue weighted by molar-refractivity contribution is 0.0951. The number of nitrogens with one attached hydrogen (secondary N) is 1. The second kappa shape index (κ2) is 8.11. The summed E-state index contributed by atoms with van der Waals surface area (Å²) in [5.74, 6) is -0.0555. The Morgan fingerprint density at radius 3 is 2.16 bits per heavy atom. The predicted octanol–water partition coefficient (Wildman–Crippen LogP) is 5.18. The minimum atomic E-state index is -0.0555. The maximum Gasteiger partial charge on any atom is 0.251 e. The molecule has 0 unspecified atom stereocenters. The van der Waals surface area contributed by atoms with E-state index in [1.807, 2.05) is 60.7 Å². The van der Waals surface area contributed by atoms with Gasteiger partial charge in [0, 0.05) is 12.1 Å². The van der Waals surface area contributed by atoms with Gasteiger partial charge >= 0.3 is 0 Å². The van der Waals surface area contributed by atoms with E-state index in [4.69, 9.17) is 0 Å². The number of allylic oxidation sites excluding steroid dienone is 1. The molecule has 0 aliphatic rings. The van der Waals surface area contributed by atoms with Crippen LogP contribution in [0, 0.1) is 0 Å². The average molecular weight is 327 g/mol. The van der Waals surface area contributed by atoms with E-state index in [0.717, 1.165) is 11.1 Å². The predicted molar refractivity (Wildman–Crippen MR) is 104 cm³/mol. The Morgan fingerprint density at radius 1 is 0.840 bits per heavy atom. The van der Waals surface area contributed by atoms with E-state index >= 15 is 0 Å². The highest BCUT2D eigenvalue weighted by atomic mass is 16.1. The van der Waals surface area contributed by atoms with Crippen molar-refractivity contribution in [2.75, 3.05) is 0 Å². The maximum absolute atomic E-state index is 12.3. The molecule has 124 valence electrons. The number of hydrogen-bond acceptors (Lipinski definition) is 1. The third kappa shape index (κ3) is 4.45. The topological polar surface area (TPSA) is 29.1 Å². The first-order chi connectivity index (χ1) is 12.2. The summed E-state index contributed by atoms with van der Waals surface area (Å²) in [6, 6.07) is 27.7. The molecule has 25 heavy (non-hydrogen) atoms. The third-order valence-electron chi connectivity index (χ3n) is 4.10. The highest BCUT2D eigenvalue weighted by Crippen LogP contribution is 2.21. The average Bonchev–Trinajstić information content (AvgIpc) is 2.68. The van der Waals surface area contributed by atoms with Gasteiger partial charge in [0.05, 0.1) is 0 Å². The van der Waals surface area contributed by atoms with E-state index in [1.54, 1.807) is 0 Å². The first-order valence-electron chi connectivity index (χ1n) is 8.39. The molecule has 3 rings (SSSR count). The molecule has 1 amide bonds. The first kappa shape index (κ1) is 16.7. The van der Waals surface area contributed by atoms with Gasteiger partial charge in [-0.3, -0.25) is 4.79 Å². The van der Waals surface area contributed by atoms with Gasteiger partial charge in [-0.25, -0.2) is 0 Å². The molecule has 2 nitrogen and oxygen atoms in total. The Kier molecular flexibility index (Phi) is 5.43. The minimum absolute atomic E-state index is 0.0555. The molecular formula is C23H21NO. The van der Waals surface area contributed by atoms with Crippen LogP contribution in [0.4, 0.5) is 0 Å². The van der Waals surface area contributed by atoms with Crippen LogP contribution < -0.4 is 5.32 Å². The molecule has 0 heterocycles. The molecule has 0 aliphatic carbocycles. The van der Waals surface area contributed by atoms with Crippen molar-refractivity contribution in [2.24, 2.45) is 0 Å². The van der Waals surface area contributed by atoms with Crippen molar-refractivity contribution < 1.29 is 4.79 Å². The largest absolute Gasteiger partial charge is 0.348 e. The molecule has 0 radical (unpaired) electrons. The van der Waals surface area contributed by atoms with Gasteiger partial charge in [0.15, 0.2) is 0 Å². The normalized spacial score (nSPS) is 11.2. The zero-order valence-electron chi connectivity index (χ0n) is 14.3. The SMILES string of the molecule is C/C(=C/c1ccccc1)c1ccccc1CNC(=O)c1ccccc1. The Balaban J connectivity index is 1.77. The summed E-state index contributed by atoms with van der Waals surface area (Å²) >= 11 is 0. The molecule has 0 saturated heterocycles. The quantitative estimate of drug-likeness (QED) is 0.643. The van der Waals surface area contributed by atoms with Crippen LogP contribution in [0.5, 0.6) is 0 Å². The number of carbonyl (C=O) groups is 1. The number of carbonyl (C=O) groups excluding carboxylic acids is 1. The van der Waals surface area contributed by atoms with Crippen LogP contribution in [0.25, 0.3) is 11.6 Å². The molecule has 1 N–H and O–H groups in total. The van der Waals surface area contributed by atoms with E-state index in [2.05, 4.69) is 42.6 Å². The van der Waals surface area contributed by atoms with Crippen LogP contribution in [0.1, 0.15) is 34.0 Å². The molecule has 3 aromatic rings. The fourth-order valence-electron chi connectivity index (χ4n) is 2.80. The molecule has 2 heteroatoms. The van der Waals surface area contributed by atoms with Crippen LogP contribution in [0.2, 0.25) is 0 Å². The second-order valence-corrected chi connectivity index (χ2v) is 5.94. The number of rotatable bonds is 5. The maximum atomic E-state index is 12.3. The lowest BCUT2D eigenvalue weighted by Crippen LogP contribution is -2.23. The number of amides is 1. The summed E-state index contributed by atoms with van der Waals surface area (Å²) in [4.78, 5) is 12.3. The van der Waals surface area contributed by atoms with Crippen LogP contribution in [0.15, 0.2) is 84.9 Å². The summed E-state index contributed by atoms with van der Waals surface area (Å²) in [7, 11) is 0. The van der Waals surface area contributed by atoms with E-state index in [1.165, 1.54) is 11.1 Å². The zero-order valence-corrected chi connectivity index (χ0v) is 14.3. The Morgan fingerprint density at radius 2 is 1.44 bits per heavy atom. The fraction of sp³-hybridized carbons (Fsp3) is 0.0870. The van der Waals surface area contributed by atoms with Gasteiger partial charge in [0.1, 0.15) is 0 Å².